The number of amides is 1. The molecule has 0 radical (unpaired) electrons. The summed E-state index contributed by atoms with van der Waals surface area (Å²) in [5, 5.41) is 5.87. The Morgan fingerprint density at radius 2 is 2.12 bits per heavy atom. The smallest absolute Gasteiger partial charge is 0.407 e. The number of nitrogens with zero attached hydrogens (tertiary/aromatic N) is 2. The van der Waals surface area contributed by atoms with E-state index in [4.69, 9.17) is 4.74 Å². The van der Waals surface area contributed by atoms with Crippen LogP contribution in [0.2, 0.25) is 0 Å². The van der Waals surface area contributed by atoms with Gasteiger partial charge in [-0.1, -0.05) is 0 Å². The van der Waals surface area contributed by atoms with E-state index >= 15 is 0 Å². The molecule has 0 saturated carbocycles. The highest BCUT2D eigenvalue weighted by Gasteiger charge is 2.27. The maximum atomic E-state index is 13.7. The average molecular weight is 368 g/mol. The molecule has 144 valence electrons. The monoisotopic (exact) mass is 368 g/mol. The minimum atomic E-state index is -0.547. The van der Waals surface area contributed by atoms with E-state index in [9.17, 15) is 13.6 Å². The van der Waals surface area contributed by atoms with Gasteiger partial charge >= 0.3 is 6.09 Å². The Morgan fingerprint density at radius 3 is 2.77 bits per heavy atom. The van der Waals surface area contributed by atoms with Gasteiger partial charge in [0, 0.05) is 32.2 Å². The van der Waals surface area contributed by atoms with Gasteiger partial charge in [0.1, 0.15) is 17.2 Å². The first-order valence-corrected chi connectivity index (χ1v) is 8.57. The lowest BCUT2D eigenvalue weighted by atomic mass is 10.2. The first-order valence-electron chi connectivity index (χ1n) is 8.57. The van der Waals surface area contributed by atoms with Crippen molar-refractivity contribution < 1.29 is 18.3 Å². The number of hydrogen-bond acceptors (Lipinski definition) is 3. The molecule has 1 unspecified atom stereocenters. The largest absolute Gasteiger partial charge is 0.444 e. The topological polar surface area (TPSA) is 66.0 Å². The van der Waals surface area contributed by atoms with Crippen molar-refractivity contribution in [2.24, 2.45) is 4.99 Å². The minimum Gasteiger partial charge on any atom is -0.444 e. The fourth-order valence-electron chi connectivity index (χ4n) is 2.73. The number of hydrogen-bond donors (Lipinski definition) is 2. The SMILES string of the molecule is CN=C(NCc1cc(F)ccc1F)N1CCC(NC(=O)OC(C)(C)C)C1. The lowest BCUT2D eigenvalue weighted by Gasteiger charge is -2.23. The van der Waals surface area contributed by atoms with E-state index in [0.717, 1.165) is 24.6 Å². The molecule has 0 aromatic heterocycles. The normalized spacial score (nSPS) is 18.0. The Kier molecular flexibility index (Phi) is 6.39. The fourth-order valence-corrected chi connectivity index (χ4v) is 2.73. The molecule has 1 amide bonds. The standard InChI is InChI=1S/C18H26F2N4O2/c1-18(2,3)26-17(25)23-14-7-8-24(11-14)16(21-4)22-10-12-9-13(19)5-6-15(12)20/h5-6,9,14H,7-8,10-11H2,1-4H3,(H,21,22)(H,23,25). The van der Waals surface area contributed by atoms with Crippen molar-refractivity contribution in [3.05, 3.63) is 35.4 Å². The van der Waals surface area contributed by atoms with Gasteiger partial charge in [-0.2, -0.15) is 0 Å². The van der Waals surface area contributed by atoms with Crippen LogP contribution in [0.15, 0.2) is 23.2 Å². The van der Waals surface area contributed by atoms with E-state index < -0.39 is 23.3 Å². The lowest BCUT2D eigenvalue weighted by molar-refractivity contribution is 0.0507. The van der Waals surface area contributed by atoms with Gasteiger partial charge in [-0.3, -0.25) is 4.99 Å². The molecule has 6 nitrogen and oxygen atoms in total. The van der Waals surface area contributed by atoms with E-state index in [-0.39, 0.29) is 18.2 Å². The molecule has 1 aliphatic rings. The Labute approximate surface area is 152 Å². The molecule has 1 heterocycles. The zero-order valence-corrected chi connectivity index (χ0v) is 15.6. The Bertz CT molecular complexity index is 674. The first-order chi connectivity index (χ1) is 12.2. The molecule has 1 saturated heterocycles. The van der Waals surface area contributed by atoms with Crippen LogP contribution in [-0.2, 0) is 11.3 Å². The lowest BCUT2D eigenvalue weighted by Crippen LogP contribution is -2.44. The van der Waals surface area contributed by atoms with Gasteiger partial charge in [-0.15, -0.1) is 0 Å². The van der Waals surface area contributed by atoms with Crippen LogP contribution in [0, 0.1) is 11.6 Å². The third-order valence-corrected chi connectivity index (χ3v) is 3.87. The van der Waals surface area contributed by atoms with Gasteiger partial charge in [-0.25, -0.2) is 13.6 Å². The van der Waals surface area contributed by atoms with Gasteiger partial charge < -0.3 is 20.3 Å². The number of carbonyl (C=O) groups is 1. The van der Waals surface area contributed by atoms with Crippen molar-refractivity contribution in [2.75, 3.05) is 20.1 Å². The second-order valence-corrected chi connectivity index (χ2v) is 7.21. The second kappa shape index (κ2) is 8.33. The Balaban J connectivity index is 1.87. The van der Waals surface area contributed by atoms with Gasteiger partial charge in [0.15, 0.2) is 5.96 Å². The van der Waals surface area contributed by atoms with Crippen molar-refractivity contribution >= 4 is 12.1 Å². The van der Waals surface area contributed by atoms with E-state index in [1.54, 1.807) is 7.05 Å². The highest BCUT2D eigenvalue weighted by Crippen LogP contribution is 2.13. The molecular weight excluding hydrogens is 342 g/mol. The van der Waals surface area contributed by atoms with Crippen molar-refractivity contribution in [3.8, 4) is 0 Å². The number of alkyl carbamates (subject to hydrolysis) is 1. The number of likely N-dealkylation sites (tertiary alicyclic amines) is 1. The zero-order valence-electron chi connectivity index (χ0n) is 15.6. The van der Waals surface area contributed by atoms with E-state index in [1.807, 2.05) is 25.7 Å². The van der Waals surface area contributed by atoms with Gasteiger partial charge in [0.2, 0.25) is 0 Å². The molecule has 1 fully saturated rings. The first kappa shape index (κ1) is 19.9. The predicted octanol–water partition coefficient (Wildman–Crippen LogP) is 2.64. The van der Waals surface area contributed by atoms with Crippen LogP contribution >= 0.6 is 0 Å². The number of rotatable bonds is 3. The molecule has 1 aromatic rings. The van der Waals surface area contributed by atoms with Gasteiger partial charge in [0.05, 0.1) is 6.04 Å². The molecule has 26 heavy (non-hydrogen) atoms. The minimum absolute atomic E-state index is 0.0608. The van der Waals surface area contributed by atoms with Crippen LogP contribution in [0.25, 0.3) is 0 Å². The van der Waals surface area contributed by atoms with Crippen molar-refractivity contribution in [1.29, 1.82) is 0 Å². The summed E-state index contributed by atoms with van der Waals surface area (Å²) in [5.74, 6) is -0.386. The average Bonchev–Trinajstić information content (AvgIpc) is 2.97. The van der Waals surface area contributed by atoms with Crippen LogP contribution in [0.5, 0.6) is 0 Å². The highest BCUT2D eigenvalue weighted by molar-refractivity contribution is 5.80. The maximum Gasteiger partial charge on any atom is 0.407 e. The number of ether oxygens (including phenoxy) is 1. The summed E-state index contributed by atoms with van der Waals surface area (Å²) >= 11 is 0. The third-order valence-electron chi connectivity index (χ3n) is 3.87. The molecule has 0 bridgehead atoms. The summed E-state index contributed by atoms with van der Waals surface area (Å²) in [5.41, 5.74) is -0.316. The van der Waals surface area contributed by atoms with Crippen LogP contribution in [-0.4, -0.2) is 48.7 Å². The van der Waals surface area contributed by atoms with Crippen molar-refractivity contribution in [1.82, 2.24) is 15.5 Å². The number of guanidine groups is 1. The van der Waals surface area contributed by atoms with Crippen LogP contribution in [0.3, 0.4) is 0 Å². The van der Waals surface area contributed by atoms with Crippen LogP contribution in [0.1, 0.15) is 32.8 Å². The van der Waals surface area contributed by atoms with Crippen LogP contribution < -0.4 is 10.6 Å². The van der Waals surface area contributed by atoms with E-state index in [2.05, 4.69) is 15.6 Å². The maximum absolute atomic E-state index is 13.7. The summed E-state index contributed by atoms with van der Waals surface area (Å²) in [6.45, 7) is 6.80. The number of halogens is 2. The molecule has 8 heteroatoms. The van der Waals surface area contributed by atoms with Crippen LogP contribution in [0.4, 0.5) is 13.6 Å². The van der Waals surface area contributed by atoms with Gasteiger partial charge in [-0.05, 0) is 45.4 Å². The molecular formula is C18H26F2N4O2. The summed E-state index contributed by atoms with van der Waals surface area (Å²) in [4.78, 5) is 18.0. The summed E-state index contributed by atoms with van der Waals surface area (Å²) in [6.07, 6.45) is 0.294. The Morgan fingerprint density at radius 1 is 1.38 bits per heavy atom. The van der Waals surface area contributed by atoms with E-state index in [1.165, 1.54) is 0 Å². The summed E-state index contributed by atoms with van der Waals surface area (Å²) in [6, 6.07) is 3.29. The molecule has 1 atom stereocenters. The number of carbonyl (C=O) groups excluding carboxylic acids is 1. The van der Waals surface area contributed by atoms with Crippen molar-refractivity contribution in [3.63, 3.8) is 0 Å². The third kappa shape index (κ3) is 5.86. The predicted molar refractivity (Wildman–Crippen MR) is 95.9 cm³/mol. The quantitative estimate of drug-likeness (QED) is 0.636. The highest BCUT2D eigenvalue weighted by atomic mass is 19.1. The molecule has 0 aliphatic carbocycles. The zero-order chi connectivity index (χ0) is 19.3. The Hall–Kier alpha value is -2.38. The molecule has 2 N–H and O–H groups in total. The fraction of sp³-hybridized carbons (Fsp3) is 0.556. The summed E-state index contributed by atoms with van der Waals surface area (Å²) in [7, 11) is 1.62. The van der Waals surface area contributed by atoms with Gasteiger partial charge in [0.25, 0.3) is 0 Å². The molecule has 2 rings (SSSR count). The summed E-state index contributed by atoms with van der Waals surface area (Å²) < 4.78 is 32.2. The van der Waals surface area contributed by atoms with Crippen molar-refractivity contribution in [2.45, 2.75) is 45.4 Å². The van der Waals surface area contributed by atoms with E-state index in [0.29, 0.717) is 19.0 Å². The number of benzene rings is 1. The molecule has 0 spiro atoms. The molecule has 1 aromatic carbocycles. The number of nitrogens with one attached hydrogen (secondary N) is 2. The molecule has 1 aliphatic heterocycles. The number of aliphatic imine (C=N–C) groups is 1. The second-order valence-electron chi connectivity index (χ2n) is 7.21.